The van der Waals surface area contributed by atoms with Crippen LogP contribution in [0.1, 0.15) is 18.9 Å². The molecule has 1 aromatic carbocycles. The van der Waals surface area contributed by atoms with Crippen molar-refractivity contribution in [1.29, 1.82) is 0 Å². The molecular weight excluding hydrogens is 205 g/mol. The molecule has 0 saturated heterocycles. The van der Waals surface area contributed by atoms with Crippen molar-refractivity contribution in [3.05, 3.63) is 35.6 Å². The lowest BCUT2D eigenvalue weighted by Crippen LogP contribution is -2.33. The summed E-state index contributed by atoms with van der Waals surface area (Å²) in [5.74, 6) is -0.141. The molecule has 0 fully saturated rings. The van der Waals surface area contributed by atoms with Crippen LogP contribution in [0.3, 0.4) is 0 Å². The zero-order valence-electron chi connectivity index (χ0n) is 10.0. The first-order valence-corrected chi connectivity index (χ1v) is 5.76. The maximum absolute atomic E-state index is 13.4. The van der Waals surface area contributed by atoms with Crippen LogP contribution in [0, 0.1) is 5.82 Å². The number of benzene rings is 1. The normalized spacial score (nSPS) is 12.7. The van der Waals surface area contributed by atoms with Crippen molar-refractivity contribution in [2.45, 2.75) is 25.8 Å². The van der Waals surface area contributed by atoms with E-state index >= 15 is 0 Å². The average molecular weight is 225 g/mol. The predicted octanol–water partition coefficient (Wildman–Crippen LogP) is 2.38. The summed E-state index contributed by atoms with van der Waals surface area (Å²) < 4.78 is 18.9. The average Bonchev–Trinajstić information content (AvgIpc) is 2.30. The van der Waals surface area contributed by atoms with Crippen LogP contribution in [0.4, 0.5) is 4.39 Å². The fourth-order valence-electron chi connectivity index (χ4n) is 1.54. The Balaban J connectivity index is 2.46. The number of likely N-dealkylation sites (N-methyl/N-ethyl adjacent to an activating group) is 1. The number of ether oxygens (including phenoxy) is 1. The molecular formula is C13H20FNO. The van der Waals surface area contributed by atoms with Gasteiger partial charge in [-0.15, -0.1) is 0 Å². The minimum Gasteiger partial charge on any atom is -0.380 e. The van der Waals surface area contributed by atoms with E-state index in [2.05, 4.69) is 12.2 Å². The molecule has 0 heterocycles. The highest BCUT2D eigenvalue weighted by molar-refractivity contribution is 5.18. The Morgan fingerprint density at radius 3 is 2.75 bits per heavy atom. The lowest BCUT2D eigenvalue weighted by atomic mass is 10.1. The third kappa shape index (κ3) is 4.29. The Kier molecular flexibility index (Phi) is 6.04. The third-order valence-electron chi connectivity index (χ3n) is 2.50. The van der Waals surface area contributed by atoms with Gasteiger partial charge in [0.1, 0.15) is 5.82 Å². The molecule has 0 saturated carbocycles. The minimum atomic E-state index is -0.141. The smallest absolute Gasteiger partial charge is 0.126 e. The monoisotopic (exact) mass is 225 g/mol. The molecule has 90 valence electrons. The van der Waals surface area contributed by atoms with Crippen molar-refractivity contribution in [1.82, 2.24) is 5.32 Å². The van der Waals surface area contributed by atoms with Crippen molar-refractivity contribution in [3.8, 4) is 0 Å². The first kappa shape index (κ1) is 13.1. The van der Waals surface area contributed by atoms with Gasteiger partial charge in [-0.25, -0.2) is 4.39 Å². The van der Waals surface area contributed by atoms with E-state index in [1.165, 1.54) is 6.07 Å². The SMILES string of the molecule is CCCOCC(Cc1ccccc1F)NC. The Hall–Kier alpha value is -0.930. The van der Waals surface area contributed by atoms with Gasteiger partial charge in [-0.1, -0.05) is 25.1 Å². The van der Waals surface area contributed by atoms with Gasteiger partial charge in [0.05, 0.1) is 6.61 Å². The zero-order valence-corrected chi connectivity index (χ0v) is 10.0. The van der Waals surface area contributed by atoms with Gasteiger partial charge >= 0.3 is 0 Å². The van der Waals surface area contributed by atoms with Crippen LogP contribution >= 0.6 is 0 Å². The van der Waals surface area contributed by atoms with Crippen molar-refractivity contribution in [2.24, 2.45) is 0 Å². The molecule has 0 amide bonds. The van der Waals surface area contributed by atoms with E-state index < -0.39 is 0 Å². The second kappa shape index (κ2) is 7.36. The van der Waals surface area contributed by atoms with Crippen molar-refractivity contribution < 1.29 is 9.13 Å². The Labute approximate surface area is 96.8 Å². The molecule has 0 radical (unpaired) electrons. The van der Waals surface area contributed by atoms with E-state index in [1.807, 2.05) is 19.2 Å². The van der Waals surface area contributed by atoms with Gasteiger partial charge in [0.2, 0.25) is 0 Å². The number of hydrogen-bond acceptors (Lipinski definition) is 2. The van der Waals surface area contributed by atoms with Crippen molar-refractivity contribution in [2.75, 3.05) is 20.3 Å². The molecule has 1 aromatic rings. The highest BCUT2D eigenvalue weighted by Crippen LogP contribution is 2.09. The lowest BCUT2D eigenvalue weighted by Gasteiger charge is -2.16. The molecule has 1 rings (SSSR count). The molecule has 1 N–H and O–H groups in total. The summed E-state index contributed by atoms with van der Waals surface area (Å²) in [6.07, 6.45) is 1.67. The number of rotatable bonds is 7. The van der Waals surface area contributed by atoms with Crippen LogP contribution in [0.5, 0.6) is 0 Å². The summed E-state index contributed by atoms with van der Waals surface area (Å²) in [6.45, 7) is 3.46. The predicted molar refractivity (Wildman–Crippen MR) is 64.1 cm³/mol. The first-order chi connectivity index (χ1) is 7.77. The Morgan fingerprint density at radius 2 is 2.12 bits per heavy atom. The van der Waals surface area contributed by atoms with Crippen LogP contribution in [0.2, 0.25) is 0 Å². The summed E-state index contributed by atoms with van der Waals surface area (Å²) in [7, 11) is 1.88. The molecule has 0 bridgehead atoms. The molecule has 0 aliphatic rings. The Bertz CT molecular complexity index is 304. The minimum absolute atomic E-state index is 0.141. The number of halogens is 1. The van der Waals surface area contributed by atoms with Crippen LogP contribution in [-0.2, 0) is 11.2 Å². The fraction of sp³-hybridized carbons (Fsp3) is 0.538. The van der Waals surface area contributed by atoms with Gasteiger partial charge in [0.25, 0.3) is 0 Å². The third-order valence-corrected chi connectivity index (χ3v) is 2.50. The number of hydrogen-bond donors (Lipinski definition) is 1. The summed E-state index contributed by atoms with van der Waals surface area (Å²) in [5, 5.41) is 3.14. The van der Waals surface area contributed by atoms with E-state index in [9.17, 15) is 4.39 Å². The largest absolute Gasteiger partial charge is 0.380 e. The second-order valence-electron chi connectivity index (χ2n) is 3.86. The molecule has 0 aliphatic carbocycles. The van der Waals surface area contributed by atoms with Crippen molar-refractivity contribution in [3.63, 3.8) is 0 Å². The van der Waals surface area contributed by atoms with Gasteiger partial charge in [-0.3, -0.25) is 0 Å². The molecule has 0 aliphatic heterocycles. The zero-order chi connectivity index (χ0) is 11.8. The summed E-state index contributed by atoms with van der Waals surface area (Å²) in [4.78, 5) is 0. The lowest BCUT2D eigenvalue weighted by molar-refractivity contribution is 0.113. The van der Waals surface area contributed by atoms with E-state index in [0.717, 1.165) is 18.6 Å². The molecule has 2 nitrogen and oxygen atoms in total. The summed E-state index contributed by atoms with van der Waals surface area (Å²) in [5.41, 5.74) is 0.738. The van der Waals surface area contributed by atoms with Crippen LogP contribution in [0.15, 0.2) is 24.3 Å². The van der Waals surface area contributed by atoms with Gasteiger partial charge in [0, 0.05) is 12.6 Å². The van der Waals surface area contributed by atoms with Crippen molar-refractivity contribution >= 4 is 0 Å². The topological polar surface area (TPSA) is 21.3 Å². The molecule has 0 spiro atoms. The van der Waals surface area contributed by atoms with Crippen LogP contribution < -0.4 is 5.32 Å². The van der Waals surface area contributed by atoms with Gasteiger partial charge in [0.15, 0.2) is 0 Å². The second-order valence-corrected chi connectivity index (χ2v) is 3.86. The fourth-order valence-corrected chi connectivity index (χ4v) is 1.54. The van der Waals surface area contributed by atoms with Gasteiger partial charge in [-0.2, -0.15) is 0 Å². The van der Waals surface area contributed by atoms with E-state index in [-0.39, 0.29) is 11.9 Å². The maximum atomic E-state index is 13.4. The van der Waals surface area contributed by atoms with Crippen LogP contribution in [0.25, 0.3) is 0 Å². The van der Waals surface area contributed by atoms with E-state index in [0.29, 0.717) is 13.0 Å². The summed E-state index contributed by atoms with van der Waals surface area (Å²) in [6, 6.07) is 7.05. The van der Waals surface area contributed by atoms with E-state index in [4.69, 9.17) is 4.74 Å². The maximum Gasteiger partial charge on any atom is 0.126 e. The standard InChI is InChI=1S/C13H20FNO/c1-3-8-16-10-12(15-2)9-11-6-4-5-7-13(11)14/h4-7,12,15H,3,8-10H2,1-2H3. The van der Waals surface area contributed by atoms with Gasteiger partial charge in [-0.05, 0) is 31.5 Å². The molecule has 3 heteroatoms. The summed E-state index contributed by atoms with van der Waals surface area (Å²) >= 11 is 0. The first-order valence-electron chi connectivity index (χ1n) is 5.76. The molecule has 1 unspecified atom stereocenters. The molecule has 16 heavy (non-hydrogen) atoms. The highest BCUT2D eigenvalue weighted by atomic mass is 19.1. The quantitative estimate of drug-likeness (QED) is 0.719. The van der Waals surface area contributed by atoms with E-state index in [1.54, 1.807) is 6.07 Å². The molecule has 1 atom stereocenters. The molecule has 0 aromatic heterocycles. The Morgan fingerprint density at radius 1 is 1.38 bits per heavy atom. The van der Waals surface area contributed by atoms with Crippen LogP contribution in [-0.4, -0.2) is 26.3 Å². The highest BCUT2D eigenvalue weighted by Gasteiger charge is 2.10. The van der Waals surface area contributed by atoms with Gasteiger partial charge < -0.3 is 10.1 Å². The number of nitrogens with one attached hydrogen (secondary N) is 1.